The van der Waals surface area contributed by atoms with Crippen LogP contribution in [0.1, 0.15) is 26.7 Å². The Kier molecular flexibility index (Phi) is 3.00. The molecule has 1 aliphatic heterocycles. The third kappa shape index (κ3) is 2.63. The Bertz CT molecular complexity index is 623. The van der Waals surface area contributed by atoms with Gasteiger partial charge in [-0.1, -0.05) is 0 Å². The first-order valence-corrected chi connectivity index (χ1v) is 6.90. The molecule has 0 atom stereocenters. The van der Waals surface area contributed by atoms with Gasteiger partial charge in [0, 0.05) is 5.54 Å². The van der Waals surface area contributed by atoms with Crippen molar-refractivity contribution in [2.45, 2.75) is 32.2 Å². The molecule has 0 bridgehead atoms. The lowest BCUT2D eigenvalue weighted by atomic mass is 9.98. The average molecular weight is 291 g/mol. The first kappa shape index (κ1) is 13.7. The first-order valence-electron chi connectivity index (χ1n) is 6.90. The van der Waals surface area contributed by atoms with Crippen LogP contribution in [-0.4, -0.2) is 23.0 Å². The molecule has 1 amide bonds. The highest BCUT2D eigenvalue weighted by atomic mass is 16.6. The van der Waals surface area contributed by atoms with E-state index in [4.69, 9.17) is 4.74 Å². The number of rotatable bonds is 4. The van der Waals surface area contributed by atoms with Crippen molar-refractivity contribution in [1.29, 1.82) is 0 Å². The molecule has 1 aromatic carbocycles. The van der Waals surface area contributed by atoms with Crippen LogP contribution in [0.25, 0.3) is 0 Å². The van der Waals surface area contributed by atoms with Gasteiger partial charge in [0.15, 0.2) is 12.4 Å². The number of nitro benzene ring substituents is 1. The van der Waals surface area contributed by atoms with Crippen LogP contribution < -0.4 is 15.4 Å². The fourth-order valence-corrected chi connectivity index (χ4v) is 2.62. The molecule has 1 heterocycles. The third-order valence-corrected chi connectivity index (χ3v) is 3.98. The fourth-order valence-electron chi connectivity index (χ4n) is 2.62. The minimum Gasteiger partial charge on any atom is -0.481 e. The van der Waals surface area contributed by atoms with Crippen molar-refractivity contribution in [2.24, 2.45) is 5.92 Å². The van der Waals surface area contributed by atoms with E-state index in [1.807, 2.05) is 13.8 Å². The van der Waals surface area contributed by atoms with Crippen molar-refractivity contribution in [3.05, 3.63) is 22.2 Å². The van der Waals surface area contributed by atoms with Crippen LogP contribution >= 0.6 is 0 Å². The summed E-state index contributed by atoms with van der Waals surface area (Å²) in [6.45, 7) is 3.94. The van der Waals surface area contributed by atoms with Crippen molar-refractivity contribution in [1.82, 2.24) is 0 Å². The average Bonchev–Trinajstić information content (AvgIpc) is 3.21. The number of fused-ring (bicyclic) bond motifs is 1. The molecule has 1 aromatic rings. The molecule has 7 nitrogen and oxygen atoms in total. The number of benzene rings is 1. The molecule has 7 heteroatoms. The standard InChI is InChI=1S/C14H17N3O4/c1-14(2,8-3-4-8)16-9-5-10-12(6-11(9)17(19)20)21-7-13(18)15-10/h5-6,8,16H,3-4,7H2,1-2H3,(H,15,18). The van der Waals surface area contributed by atoms with Gasteiger partial charge in [-0.2, -0.15) is 0 Å². The Morgan fingerprint density at radius 1 is 1.43 bits per heavy atom. The largest absolute Gasteiger partial charge is 0.481 e. The second-order valence-corrected chi connectivity index (χ2v) is 6.08. The molecule has 2 N–H and O–H groups in total. The van der Waals surface area contributed by atoms with E-state index in [1.54, 1.807) is 6.07 Å². The number of hydrogen-bond acceptors (Lipinski definition) is 5. The van der Waals surface area contributed by atoms with Crippen LogP contribution in [0.2, 0.25) is 0 Å². The summed E-state index contributed by atoms with van der Waals surface area (Å²) in [7, 11) is 0. The Labute approximate surface area is 121 Å². The first-order chi connectivity index (χ1) is 9.87. The van der Waals surface area contributed by atoms with E-state index < -0.39 is 4.92 Å². The number of hydrogen-bond donors (Lipinski definition) is 2. The Balaban J connectivity index is 1.99. The van der Waals surface area contributed by atoms with Gasteiger partial charge in [-0.3, -0.25) is 14.9 Å². The molecule has 0 radical (unpaired) electrons. The van der Waals surface area contributed by atoms with Gasteiger partial charge in [-0.15, -0.1) is 0 Å². The molecular weight excluding hydrogens is 274 g/mol. The van der Waals surface area contributed by atoms with Gasteiger partial charge in [0.05, 0.1) is 16.7 Å². The normalized spacial score (nSPS) is 17.5. The predicted molar refractivity (Wildman–Crippen MR) is 77.6 cm³/mol. The monoisotopic (exact) mass is 291 g/mol. The van der Waals surface area contributed by atoms with Crippen molar-refractivity contribution in [3.63, 3.8) is 0 Å². The van der Waals surface area contributed by atoms with Crippen LogP contribution in [0.5, 0.6) is 5.75 Å². The maximum atomic E-state index is 11.4. The summed E-state index contributed by atoms with van der Waals surface area (Å²) in [6, 6.07) is 2.94. The van der Waals surface area contributed by atoms with E-state index in [9.17, 15) is 14.9 Å². The lowest BCUT2D eigenvalue weighted by Gasteiger charge is -2.28. The van der Waals surface area contributed by atoms with E-state index in [0.29, 0.717) is 23.0 Å². The Morgan fingerprint density at radius 2 is 2.14 bits per heavy atom. The van der Waals surface area contributed by atoms with Crippen molar-refractivity contribution in [2.75, 3.05) is 17.2 Å². The Hall–Kier alpha value is -2.31. The highest BCUT2D eigenvalue weighted by Crippen LogP contribution is 2.44. The SMILES string of the molecule is CC(C)(Nc1cc2c(cc1[N+](=O)[O-])OCC(=O)N2)C1CC1. The fraction of sp³-hybridized carbons (Fsp3) is 0.500. The molecule has 3 rings (SSSR count). The van der Waals surface area contributed by atoms with E-state index >= 15 is 0 Å². The zero-order chi connectivity index (χ0) is 15.2. The van der Waals surface area contributed by atoms with Gasteiger partial charge < -0.3 is 15.4 Å². The topological polar surface area (TPSA) is 93.5 Å². The van der Waals surface area contributed by atoms with Crippen molar-refractivity contribution < 1.29 is 14.5 Å². The second-order valence-electron chi connectivity index (χ2n) is 6.08. The van der Waals surface area contributed by atoms with Gasteiger partial charge in [0.2, 0.25) is 0 Å². The van der Waals surface area contributed by atoms with Crippen molar-refractivity contribution in [3.8, 4) is 5.75 Å². The number of nitrogens with one attached hydrogen (secondary N) is 2. The smallest absolute Gasteiger partial charge is 0.296 e. The molecule has 0 aromatic heterocycles. The van der Waals surface area contributed by atoms with Gasteiger partial charge in [-0.25, -0.2) is 0 Å². The number of carbonyl (C=O) groups is 1. The maximum Gasteiger partial charge on any atom is 0.296 e. The third-order valence-electron chi connectivity index (χ3n) is 3.98. The number of anilines is 2. The van der Waals surface area contributed by atoms with Crippen molar-refractivity contribution >= 4 is 23.0 Å². The summed E-state index contributed by atoms with van der Waals surface area (Å²) in [5.41, 5.74) is 0.601. The molecule has 1 aliphatic carbocycles. The summed E-state index contributed by atoms with van der Waals surface area (Å²) in [4.78, 5) is 22.2. The molecule has 1 fully saturated rings. The van der Waals surface area contributed by atoms with Crippen LogP contribution in [0.15, 0.2) is 12.1 Å². The zero-order valence-electron chi connectivity index (χ0n) is 11.9. The van der Waals surface area contributed by atoms with Gasteiger partial charge in [-0.05, 0) is 38.7 Å². The summed E-state index contributed by atoms with van der Waals surface area (Å²) in [6.07, 6.45) is 2.25. The predicted octanol–water partition coefficient (Wildman–Crippen LogP) is 2.53. The maximum absolute atomic E-state index is 11.4. The lowest BCUT2D eigenvalue weighted by Crippen LogP contribution is -2.34. The summed E-state index contributed by atoms with van der Waals surface area (Å²) in [5.74, 6) is 0.582. The van der Waals surface area contributed by atoms with E-state index in [-0.39, 0.29) is 23.7 Å². The Morgan fingerprint density at radius 3 is 2.76 bits per heavy atom. The molecule has 2 aliphatic rings. The number of carbonyl (C=O) groups excluding carboxylic acids is 1. The molecular formula is C14H17N3O4. The van der Waals surface area contributed by atoms with Gasteiger partial charge in [0.25, 0.3) is 11.6 Å². The van der Waals surface area contributed by atoms with Crippen LogP contribution in [0.3, 0.4) is 0 Å². The van der Waals surface area contributed by atoms with Crippen LogP contribution in [-0.2, 0) is 4.79 Å². The van der Waals surface area contributed by atoms with E-state index in [0.717, 1.165) is 12.8 Å². The molecule has 0 spiro atoms. The van der Waals surface area contributed by atoms with Gasteiger partial charge in [0.1, 0.15) is 5.69 Å². The molecule has 0 unspecified atom stereocenters. The number of ether oxygens (including phenoxy) is 1. The molecule has 21 heavy (non-hydrogen) atoms. The molecule has 0 saturated heterocycles. The van der Waals surface area contributed by atoms with Gasteiger partial charge >= 0.3 is 0 Å². The van der Waals surface area contributed by atoms with E-state index in [2.05, 4.69) is 10.6 Å². The summed E-state index contributed by atoms with van der Waals surface area (Å²) in [5, 5.41) is 17.2. The lowest BCUT2D eigenvalue weighted by molar-refractivity contribution is -0.384. The number of nitrogens with zero attached hydrogens (tertiary/aromatic N) is 1. The second kappa shape index (κ2) is 4.61. The summed E-state index contributed by atoms with van der Waals surface area (Å²) >= 11 is 0. The summed E-state index contributed by atoms with van der Waals surface area (Å²) < 4.78 is 5.23. The van der Waals surface area contributed by atoms with Crippen LogP contribution in [0.4, 0.5) is 17.1 Å². The highest BCUT2D eigenvalue weighted by Gasteiger charge is 2.39. The van der Waals surface area contributed by atoms with Crippen LogP contribution in [0, 0.1) is 16.0 Å². The van der Waals surface area contributed by atoms with E-state index in [1.165, 1.54) is 6.07 Å². The number of nitro groups is 1. The highest BCUT2D eigenvalue weighted by molar-refractivity contribution is 5.96. The quantitative estimate of drug-likeness (QED) is 0.656. The molecule has 1 saturated carbocycles. The minimum atomic E-state index is -0.439. The number of amides is 1. The molecule has 112 valence electrons. The zero-order valence-corrected chi connectivity index (χ0v) is 11.9. The minimum absolute atomic E-state index is 0.0429.